The summed E-state index contributed by atoms with van der Waals surface area (Å²) < 4.78 is 22.6. The Kier molecular flexibility index (Phi) is 4.50. The lowest BCUT2D eigenvalue weighted by Gasteiger charge is -2.14. The molecular formula is C21H21FN4O2. The van der Waals surface area contributed by atoms with Crippen LogP contribution in [0.25, 0.3) is 27.7 Å². The van der Waals surface area contributed by atoms with Gasteiger partial charge in [0, 0.05) is 53.9 Å². The maximum absolute atomic E-state index is 13.3. The molecule has 7 heteroatoms. The molecule has 0 unspecified atom stereocenters. The van der Waals surface area contributed by atoms with E-state index in [1.807, 2.05) is 50.1 Å². The third kappa shape index (κ3) is 2.98. The van der Waals surface area contributed by atoms with Crippen LogP contribution in [0.1, 0.15) is 19.9 Å². The third-order valence-electron chi connectivity index (χ3n) is 4.79. The average Bonchev–Trinajstić information content (AvgIpc) is 3.30. The minimum Gasteiger partial charge on any atom is -0.463 e. The number of aromatic nitrogens is 4. The maximum atomic E-state index is 13.3. The highest BCUT2D eigenvalue weighted by Crippen LogP contribution is 2.29. The summed E-state index contributed by atoms with van der Waals surface area (Å²) in [4.78, 5) is 13.3. The van der Waals surface area contributed by atoms with Crippen LogP contribution in [0.5, 0.6) is 5.75 Å². The van der Waals surface area contributed by atoms with E-state index in [0.717, 1.165) is 16.5 Å². The SMILES string of the molecule is CC(C)n1ccc2c(-c3cnn(C)c3)cn(-c3ccc(OCF)cc3)c(=O)c21. The molecule has 0 aliphatic rings. The third-order valence-corrected chi connectivity index (χ3v) is 4.79. The average molecular weight is 380 g/mol. The lowest BCUT2D eigenvalue weighted by molar-refractivity contribution is 0.192. The van der Waals surface area contributed by atoms with Crippen LogP contribution in [0.2, 0.25) is 0 Å². The fourth-order valence-corrected chi connectivity index (χ4v) is 3.44. The standard InChI is InChI=1S/C21H21FN4O2/c1-14(2)25-9-8-18-19(15-10-23-24(3)11-15)12-26(21(27)20(18)25)16-4-6-17(7-5-16)28-13-22/h4-12,14H,13H2,1-3H3. The molecule has 0 fully saturated rings. The molecular weight excluding hydrogens is 359 g/mol. The predicted octanol–water partition coefficient (Wildman–Crippen LogP) is 4.08. The van der Waals surface area contributed by atoms with E-state index in [9.17, 15) is 9.18 Å². The molecule has 4 aromatic rings. The van der Waals surface area contributed by atoms with Gasteiger partial charge in [-0.1, -0.05) is 0 Å². The summed E-state index contributed by atoms with van der Waals surface area (Å²) in [6.07, 6.45) is 7.49. The van der Waals surface area contributed by atoms with Gasteiger partial charge in [0.05, 0.1) is 6.20 Å². The second-order valence-corrected chi connectivity index (χ2v) is 6.95. The van der Waals surface area contributed by atoms with Gasteiger partial charge < -0.3 is 9.30 Å². The fourth-order valence-electron chi connectivity index (χ4n) is 3.44. The summed E-state index contributed by atoms with van der Waals surface area (Å²) in [6, 6.07) is 8.90. The number of fused-ring (bicyclic) bond motifs is 1. The van der Waals surface area contributed by atoms with E-state index in [2.05, 4.69) is 5.10 Å². The van der Waals surface area contributed by atoms with E-state index in [1.165, 1.54) is 0 Å². The lowest BCUT2D eigenvalue weighted by Crippen LogP contribution is -2.21. The molecule has 28 heavy (non-hydrogen) atoms. The number of pyridine rings is 1. The highest BCUT2D eigenvalue weighted by atomic mass is 19.1. The Hall–Kier alpha value is -3.35. The maximum Gasteiger partial charge on any atom is 0.279 e. The van der Waals surface area contributed by atoms with Crippen LogP contribution in [0.3, 0.4) is 0 Å². The van der Waals surface area contributed by atoms with Gasteiger partial charge >= 0.3 is 0 Å². The first-order valence-corrected chi connectivity index (χ1v) is 9.04. The Morgan fingerprint density at radius 2 is 1.89 bits per heavy atom. The van der Waals surface area contributed by atoms with Crippen molar-refractivity contribution in [1.29, 1.82) is 0 Å². The van der Waals surface area contributed by atoms with Gasteiger partial charge in [-0.3, -0.25) is 14.0 Å². The molecule has 144 valence electrons. The summed E-state index contributed by atoms with van der Waals surface area (Å²) in [6.45, 7) is 3.20. The zero-order chi connectivity index (χ0) is 19.8. The van der Waals surface area contributed by atoms with Crippen LogP contribution >= 0.6 is 0 Å². The van der Waals surface area contributed by atoms with Crippen molar-refractivity contribution in [3.05, 3.63) is 65.5 Å². The smallest absolute Gasteiger partial charge is 0.279 e. The minimum absolute atomic E-state index is 0.111. The molecule has 6 nitrogen and oxygen atoms in total. The van der Waals surface area contributed by atoms with E-state index < -0.39 is 6.86 Å². The molecule has 0 radical (unpaired) electrons. The van der Waals surface area contributed by atoms with Crippen LogP contribution in [0.4, 0.5) is 4.39 Å². The van der Waals surface area contributed by atoms with Gasteiger partial charge in [-0.2, -0.15) is 5.10 Å². The first-order valence-electron chi connectivity index (χ1n) is 9.04. The minimum atomic E-state index is -0.891. The van der Waals surface area contributed by atoms with Crippen LogP contribution in [0, 0.1) is 0 Å². The van der Waals surface area contributed by atoms with Crippen molar-refractivity contribution in [3.63, 3.8) is 0 Å². The molecule has 0 N–H and O–H groups in total. The fraction of sp³-hybridized carbons (Fsp3) is 0.238. The van der Waals surface area contributed by atoms with Gasteiger partial charge in [-0.25, -0.2) is 4.39 Å². The molecule has 0 aliphatic carbocycles. The number of rotatable bonds is 5. The van der Waals surface area contributed by atoms with E-state index in [-0.39, 0.29) is 11.6 Å². The van der Waals surface area contributed by atoms with Gasteiger partial charge in [-0.05, 0) is 44.2 Å². The summed E-state index contributed by atoms with van der Waals surface area (Å²) in [7, 11) is 1.86. The highest BCUT2D eigenvalue weighted by molar-refractivity contribution is 5.94. The summed E-state index contributed by atoms with van der Waals surface area (Å²) >= 11 is 0. The Labute approximate surface area is 161 Å². The van der Waals surface area contributed by atoms with E-state index in [1.54, 1.807) is 39.7 Å². The first-order chi connectivity index (χ1) is 13.5. The van der Waals surface area contributed by atoms with Crippen molar-refractivity contribution < 1.29 is 9.13 Å². The number of hydrogen-bond donors (Lipinski definition) is 0. The Bertz CT molecular complexity index is 1190. The van der Waals surface area contributed by atoms with Crippen molar-refractivity contribution in [1.82, 2.24) is 18.9 Å². The van der Waals surface area contributed by atoms with Gasteiger partial charge in [0.2, 0.25) is 6.86 Å². The van der Waals surface area contributed by atoms with Crippen molar-refractivity contribution in [2.75, 3.05) is 6.86 Å². The second kappa shape index (κ2) is 6.99. The van der Waals surface area contributed by atoms with Gasteiger partial charge in [-0.15, -0.1) is 0 Å². The summed E-state index contributed by atoms with van der Waals surface area (Å²) in [5, 5.41) is 5.16. The molecule has 0 amide bonds. The number of aryl methyl sites for hydroxylation is 1. The van der Waals surface area contributed by atoms with Crippen LogP contribution in [-0.2, 0) is 7.05 Å². The molecule has 0 atom stereocenters. The number of hydrogen-bond acceptors (Lipinski definition) is 3. The van der Waals surface area contributed by atoms with Crippen LogP contribution in [-0.4, -0.2) is 25.8 Å². The number of alkyl halides is 1. The number of ether oxygens (including phenoxy) is 1. The number of benzene rings is 1. The second-order valence-electron chi connectivity index (χ2n) is 6.95. The molecule has 3 heterocycles. The molecule has 3 aromatic heterocycles. The molecule has 4 rings (SSSR count). The van der Waals surface area contributed by atoms with E-state index in [4.69, 9.17) is 4.74 Å². The van der Waals surface area contributed by atoms with E-state index in [0.29, 0.717) is 17.0 Å². The molecule has 0 saturated carbocycles. The van der Waals surface area contributed by atoms with Crippen LogP contribution in [0.15, 0.2) is 59.9 Å². The van der Waals surface area contributed by atoms with E-state index >= 15 is 0 Å². The first kappa shape index (κ1) is 18.0. The van der Waals surface area contributed by atoms with Crippen LogP contribution < -0.4 is 10.3 Å². The van der Waals surface area contributed by atoms with Gasteiger partial charge in [0.15, 0.2) is 0 Å². The zero-order valence-electron chi connectivity index (χ0n) is 16.0. The van der Waals surface area contributed by atoms with Gasteiger partial charge in [0.25, 0.3) is 5.56 Å². The number of halogens is 1. The largest absolute Gasteiger partial charge is 0.463 e. The van der Waals surface area contributed by atoms with Crippen molar-refractivity contribution in [3.8, 4) is 22.6 Å². The molecule has 0 saturated heterocycles. The number of nitrogens with zero attached hydrogens (tertiary/aromatic N) is 4. The van der Waals surface area contributed by atoms with Crippen molar-refractivity contribution >= 4 is 10.9 Å². The Morgan fingerprint density at radius 3 is 2.50 bits per heavy atom. The van der Waals surface area contributed by atoms with Crippen molar-refractivity contribution in [2.24, 2.45) is 7.05 Å². The topological polar surface area (TPSA) is 54.0 Å². The highest BCUT2D eigenvalue weighted by Gasteiger charge is 2.17. The summed E-state index contributed by atoms with van der Waals surface area (Å²) in [5.74, 6) is 0.415. The molecule has 0 aliphatic heterocycles. The van der Waals surface area contributed by atoms with Gasteiger partial charge in [0.1, 0.15) is 11.3 Å². The zero-order valence-corrected chi connectivity index (χ0v) is 16.0. The predicted molar refractivity (Wildman–Crippen MR) is 107 cm³/mol. The molecule has 0 spiro atoms. The molecule has 0 bridgehead atoms. The quantitative estimate of drug-likeness (QED) is 0.524. The Balaban J connectivity index is 1.99. The Morgan fingerprint density at radius 1 is 1.14 bits per heavy atom. The summed E-state index contributed by atoms with van der Waals surface area (Å²) in [5.41, 5.74) is 3.06. The monoisotopic (exact) mass is 380 g/mol. The van der Waals surface area contributed by atoms with Crippen molar-refractivity contribution in [2.45, 2.75) is 19.9 Å². The lowest BCUT2D eigenvalue weighted by atomic mass is 10.1. The normalized spacial score (nSPS) is 11.5. The molecule has 1 aromatic carbocycles.